The normalized spacial score (nSPS) is 11.9. The first kappa shape index (κ1) is 12.7. The summed E-state index contributed by atoms with van der Waals surface area (Å²) in [6.45, 7) is 9.63. The highest BCUT2D eigenvalue weighted by Gasteiger charge is 2.24. The fourth-order valence-electron chi connectivity index (χ4n) is 1.05. The van der Waals surface area contributed by atoms with E-state index < -0.39 is 11.9 Å². The molecule has 0 radical (unpaired) electrons. The van der Waals surface area contributed by atoms with Gasteiger partial charge in [-0.3, -0.25) is 9.59 Å². The Balaban J connectivity index is 4.45. The minimum Gasteiger partial charge on any atom is -0.481 e. The van der Waals surface area contributed by atoms with Gasteiger partial charge < -0.3 is 10.0 Å². The van der Waals surface area contributed by atoms with E-state index in [1.165, 1.54) is 11.8 Å². The second kappa shape index (κ2) is 5.42. The van der Waals surface area contributed by atoms with Gasteiger partial charge in [-0.05, 0) is 20.8 Å². The number of carbonyl (C=O) groups excluding carboxylic acids is 1. The summed E-state index contributed by atoms with van der Waals surface area (Å²) >= 11 is 0. The molecule has 1 amide bonds. The Bertz CT molecular complexity index is 248. The van der Waals surface area contributed by atoms with Crippen molar-refractivity contribution in [1.29, 1.82) is 0 Å². The molecule has 0 aliphatic carbocycles. The van der Waals surface area contributed by atoms with Crippen molar-refractivity contribution < 1.29 is 14.7 Å². The molecule has 0 spiro atoms. The smallest absolute Gasteiger partial charge is 0.315 e. The number of aliphatic carboxylic acids is 1. The van der Waals surface area contributed by atoms with E-state index in [4.69, 9.17) is 5.11 Å². The lowest BCUT2D eigenvalue weighted by Gasteiger charge is -2.22. The number of carbonyl (C=O) groups is 2. The lowest BCUT2D eigenvalue weighted by Crippen LogP contribution is -2.38. The summed E-state index contributed by atoms with van der Waals surface area (Å²) in [7, 11) is 0. The van der Waals surface area contributed by atoms with Crippen molar-refractivity contribution >= 4 is 11.9 Å². The maximum Gasteiger partial charge on any atom is 0.315 e. The third kappa shape index (κ3) is 3.60. The topological polar surface area (TPSA) is 57.6 Å². The molecule has 0 fully saturated rings. The van der Waals surface area contributed by atoms with Gasteiger partial charge in [0.1, 0.15) is 5.92 Å². The lowest BCUT2D eigenvalue weighted by molar-refractivity contribution is -0.150. The van der Waals surface area contributed by atoms with Gasteiger partial charge in [-0.15, -0.1) is 0 Å². The highest BCUT2D eigenvalue weighted by atomic mass is 16.4. The fourth-order valence-corrected chi connectivity index (χ4v) is 1.05. The third-order valence-electron chi connectivity index (χ3n) is 1.90. The number of likely N-dealkylation sites (N-methyl/N-ethyl adjacent to an activating group) is 1. The summed E-state index contributed by atoms with van der Waals surface area (Å²) in [5, 5.41) is 8.66. The van der Waals surface area contributed by atoms with Gasteiger partial charge >= 0.3 is 5.97 Å². The molecule has 0 rings (SSSR count). The van der Waals surface area contributed by atoms with Crippen LogP contribution in [0.5, 0.6) is 0 Å². The molecule has 0 aromatic rings. The first-order valence-corrected chi connectivity index (χ1v) is 4.56. The van der Waals surface area contributed by atoms with Crippen LogP contribution >= 0.6 is 0 Å². The summed E-state index contributed by atoms with van der Waals surface area (Å²) in [5.41, 5.74) is 0.845. The Morgan fingerprint density at radius 2 is 2.00 bits per heavy atom. The largest absolute Gasteiger partial charge is 0.481 e. The van der Waals surface area contributed by atoms with Crippen LogP contribution in [0.25, 0.3) is 0 Å². The van der Waals surface area contributed by atoms with Crippen molar-refractivity contribution in [2.24, 2.45) is 5.92 Å². The number of carboxylic acids is 1. The zero-order valence-corrected chi connectivity index (χ0v) is 8.91. The van der Waals surface area contributed by atoms with Gasteiger partial charge in [0, 0.05) is 13.1 Å². The maximum atomic E-state index is 11.6. The number of carboxylic acid groups (broad SMARTS) is 1. The molecule has 0 aromatic carbocycles. The fraction of sp³-hybridized carbons (Fsp3) is 0.600. The average molecular weight is 199 g/mol. The maximum absolute atomic E-state index is 11.6. The van der Waals surface area contributed by atoms with Gasteiger partial charge in [0.15, 0.2) is 0 Å². The molecule has 0 aliphatic rings. The minimum atomic E-state index is -1.09. The predicted octanol–water partition coefficient (Wildman–Crippen LogP) is 1.13. The van der Waals surface area contributed by atoms with Crippen molar-refractivity contribution in [3.63, 3.8) is 0 Å². The molecule has 0 heterocycles. The Kier molecular flexibility index (Phi) is 4.91. The summed E-state index contributed by atoms with van der Waals surface area (Å²) in [6, 6.07) is 0. The second-order valence-electron chi connectivity index (χ2n) is 3.37. The Labute approximate surface area is 84.2 Å². The van der Waals surface area contributed by atoms with Crippen LogP contribution < -0.4 is 0 Å². The number of amides is 1. The Morgan fingerprint density at radius 1 is 1.50 bits per heavy atom. The molecule has 1 N–H and O–H groups in total. The summed E-state index contributed by atoms with van der Waals surface area (Å²) in [4.78, 5) is 23.6. The molecule has 0 aromatic heterocycles. The van der Waals surface area contributed by atoms with Crippen LogP contribution in [0.15, 0.2) is 12.2 Å². The van der Waals surface area contributed by atoms with Crippen LogP contribution in [0.1, 0.15) is 20.8 Å². The van der Waals surface area contributed by atoms with Gasteiger partial charge in [0.25, 0.3) is 0 Å². The van der Waals surface area contributed by atoms with E-state index >= 15 is 0 Å². The minimum absolute atomic E-state index is 0.358. The summed E-state index contributed by atoms with van der Waals surface area (Å²) in [5.74, 6) is -2.42. The van der Waals surface area contributed by atoms with Crippen molar-refractivity contribution in [3.8, 4) is 0 Å². The van der Waals surface area contributed by atoms with Crippen LogP contribution in [0.4, 0.5) is 0 Å². The number of nitrogens with zero attached hydrogens (tertiary/aromatic N) is 1. The van der Waals surface area contributed by atoms with E-state index in [-0.39, 0.29) is 5.91 Å². The monoisotopic (exact) mass is 199 g/mol. The zero-order chi connectivity index (χ0) is 11.3. The molecule has 14 heavy (non-hydrogen) atoms. The molecular weight excluding hydrogens is 182 g/mol. The van der Waals surface area contributed by atoms with Crippen LogP contribution in [-0.2, 0) is 9.59 Å². The van der Waals surface area contributed by atoms with E-state index in [0.29, 0.717) is 13.1 Å². The van der Waals surface area contributed by atoms with Crippen molar-refractivity contribution in [3.05, 3.63) is 12.2 Å². The summed E-state index contributed by atoms with van der Waals surface area (Å²) in [6.07, 6.45) is 0. The number of rotatable bonds is 5. The first-order chi connectivity index (χ1) is 6.40. The highest BCUT2D eigenvalue weighted by Crippen LogP contribution is 2.05. The van der Waals surface area contributed by atoms with Gasteiger partial charge in [0.05, 0.1) is 0 Å². The molecule has 4 nitrogen and oxygen atoms in total. The standard InChI is InChI=1S/C10H17NO3/c1-5-11(6-7(2)3)9(12)8(4)10(13)14/h8H,2,5-6H2,1,3-4H3,(H,13,14). The van der Waals surface area contributed by atoms with Gasteiger partial charge in [-0.2, -0.15) is 0 Å². The molecule has 0 saturated carbocycles. The summed E-state index contributed by atoms with van der Waals surface area (Å²) < 4.78 is 0. The first-order valence-electron chi connectivity index (χ1n) is 4.56. The van der Waals surface area contributed by atoms with Crippen LogP contribution in [0.3, 0.4) is 0 Å². The molecule has 4 heteroatoms. The zero-order valence-electron chi connectivity index (χ0n) is 8.91. The van der Waals surface area contributed by atoms with E-state index in [2.05, 4.69) is 6.58 Å². The van der Waals surface area contributed by atoms with Crippen LogP contribution in [-0.4, -0.2) is 35.0 Å². The third-order valence-corrected chi connectivity index (χ3v) is 1.90. The van der Waals surface area contributed by atoms with Crippen molar-refractivity contribution in [1.82, 2.24) is 4.90 Å². The van der Waals surface area contributed by atoms with E-state index in [1.54, 1.807) is 6.92 Å². The van der Waals surface area contributed by atoms with Gasteiger partial charge in [-0.25, -0.2) is 0 Å². The van der Waals surface area contributed by atoms with E-state index in [1.807, 2.05) is 6.92 Å². The molecule has 80 valence electrons. The van der Waals surface area contributed by atoms with E-state index in [0.717, 1.165) is 5.57 Å². The molecular formula is C10H17NO3. The number of hydrogen-bond acceptors (Lipinski definition) is 2. The van der Waals surface area contributed by atoms with Crippen LogP contribution in [0, 0.1) is 5.92 Å². The molecule has 1 atom stereocenters. The predicted molar refractivity (Wildman–Crippen MR) is 53.9 cm³/mol. The highest BCUT2D eigenvalue weighted by molar-refractivity contribution is 5.96. The molecule has 0 saturated heterocycles. The average Bonchev–Trinajstić information content (AvgIpc) is 2.11. The SMILES string of the molecule is C=C(C)CN(CC)C(=O)C(C)C(=O)O. The lowest BCUT2D eigenvalue weighted by atomic mass is 10.1. The van der Waals surface area contributed by atoms with Crippen molar-refractivity contribution in [2.75, 3.05) is 13.1 Å². The van der Waals surface area contributed by atoms with Gasteiger partial charge in [0.2, 0.25) is 5.91 Å². The van der Waals surface area contributed by atoms with Crippen LogP contribution in [0.2, 0.25) is 0 Å². The second-order valence-corrected chi connectivity index (χ2v) is 3.37. The molecule has 1 unspecified atom stereocenters. The van der Waals surface area contributed by atoms with E-state index in [9.17, 15) is 9.59 Å². The Hall–Kier alpha value is -1.32. The number of hydrogen-bond donors (Lipinski definition) is 1. The Morgan fingerprint density at radius 3 is 2.29 bits per heavy atom. The van der Waals surface area contributed by atoms with Gasteiger partial charge in [-0.1, -0.05) is 12.2 Å². The quantitative estimate of drug-likeness (QED) is 0.533. The molecule has 0 aliphatic heterocycles. The molecule has 0 bridgehead atoms. The van der Waals surface area contributed by atoms with Crippen molar-refractivity contribution in [2.45, 2.75) is 20.8 Å².